The lowest BCUT2D eigenvalue weighted by atomic mass is 9.90. The summed E-state index contributed by atoms with van der Waals surface area (Å²) in [6, 6.07) is 27.6. The highest BCUT2D eigenvalue weighted by Crippen LogP contribution is 2.27. The van der Waals surface area contributed by atoms with E-state index in [0.717, 1.165) is 28.7 Å². The molecule has 3 aromatic rings. The van der Waals surface area contributed by atoms with E-state index >= 15 is 0 Å². The Balaban J connectivity index is 1.53. The van der Waals surface area contributed by atoms with Crippen molar-refractivity contribution in [2.75, 3.05) is 26.2 Å². The summed E-state index contributed by atoms with van der Waals surface area (Å²) in [6.07, 6.45) is 0.777. The maximum absolute atomic E-state index is 13.7. The predicted octanol–water partition coefficient (Wildman–Crippen LogP) is 4.50. The number of carbonyl (C=O) groups excluding carboxylic acids is 2. The van der Waals surface area contributed by atoms with Gasteiger partial charge >= 0.3 is 0 Å². The Morgan fingerprint density at radius 1 is 0.677 bits per heavy atom. The average Bonchev–Trinajstić information content (AvgIpc) is 3.07. The van der Waals surface area contributed by atoms with Crippen LogP contribution in [0.5, 0.6) is 0 Å². The fraction of sp³-hybridized carbons (Fsp3) is 0.259. The van der Waals surface area contributed by atoms with Crippen LogP contribution in [-0.2, 0) is 4.79 Å². The Kier molecular flexibility index (Phi) is 6.46. The van der Waals surface area contributed by atoms with Crippen LogP contribution in [0.1, 0.15) is 39.4 Å². The second kappa shape index (κ2) is 9.61. The molecule has 0 bridgehead atoms. The van der Waals surface area contributed by atoms with Gasteiger partial charge in [-0.2, -0.15) is 0 Å². The molecule has 1 aliphatic rings. The van der Waals surface area contributed by atoms with E-state index < -0.39 is 0 Å². The van der Waals surface area contributed by atoms with E-state index in [-0.39, 0.29) is 17.7 Å². The van der Waals surface area contributed by atoms with E-state index in [2.05, 4.69) is 0 Å². The molecule has 0 aliphatic carbocycles. The summed E-state index contributed by atoms with van der Waals surface area (Å²) in [5.41, 5.74) is 3.72. The highest BCUT2D eigenvalue weighted by atomic mass is 16.2. The lowest BCUT2D eigenvalue weighted by molar-refractivity contribution is -0.131. The molecule has 1 heterocycles. The molecule has 3 aromatic carbocycles. The molecule has 0 aromatic heterocycles. The Morgan fingerprint density at radius 2 is 1.19 bits per heavy atom. The molecule has 2 amide bonds. The van der Waals surface area contributed by atoms with Gasteiger partial charge in [-0.05, 0) is 36.1 Å². The number of hydrogen-bond donors (Lipinski definition) is 0. The van der Waals surface area contributed by atoms with E-state index in [0.29, 0.717) is 26.2 Å². The van der Waals surface area contributed by atoms with Gasteiger partial charge < -0.3 is 9.80 Å². The highest BCUT2D eigenvalue weighted by Gasteiger charge is 2.30. The second-order valence-corrected chi connectivity index (χ2v) is 8.04. The van der Waals surface area contributed by atoms with Crippen molar-refractivity contribution in [3.05, 3.63) is 107 Å². The first-order chi connectivity index (χ1) is 15.1. The summed E-state index contributed by atoms with van der Waals surface area (Å²) in [4.78, 5) is 30.5. The average molecular weight is 413 g/mol. The number of rotatable bonds is 4. The summed E-state index contributed by atoms with van der Waals surface area (Å²) >= 11 is 0. The van der Waals surface area contributed by atoms with Crippen LogP contribution in [0.4, 0.5) is 0 Å². The molecule has 4 nitrogen and oxygen atoms in total. The zero-order valence-corrected chi connectivity index (χ0v) is 17.9. The van der Waals surface area contributed by atoms with E-state index in [1.807, 2.05) is 102 Å². The van der Waals surface area contributed by atoms with Gasteiger partial charge in [0.05, 0.1) is 5.92 Å². The third-order valence-electron chi connectivity index (χ3n) is 5.98. The molecule has 0 radical (unpaired) electrons. The molecule has 1 aliphatic heterocycles. The van der Waals surface area contributed by atoms with Crippen molar-refractivity contribution >= 4 is 11.8 Å². The fourth-order valence-corrected chi connectivity index (χ4v) is 4.28. The maximum Gasteiger partial charge on any atom is 0.254 e. The number of nitrogens with zero attached hydrogens (tertiary/aromatic N) is 2. The molecule has 1 saturated heterocycles. The Labute approximate surface area is 184 Å². The predicted molar refractivity (Wildman–Crippen MR) is 123 cm³/mol. The van der Waals surface area contributed by atoms with Crippen molar-refractivity contribution in [3.8, 4) is 0 Å². The Bertz CT molecular complexity index is 994. The van der Waals surface area contributed by atoms with Crippen molar-refractivity contribution in [2.24, 2.45) is 0 Å². The summed E-state index contributed by atoms with van der Waals surface area (Å²) in [6.45, 7) is 4.39. The van der Waals surface area contributed by atoms with Crippen molar-refractivity contribution in [2.45, 2.75) is 19.3 Å². The molecule has 158 valence electrons. The Hall–Kier alpha value is -3.40. The third kappa shape index (κ3) is 4.69. The molecular weight excluding hydrogens is 384 g/mol. The van der Waals surface area contributed by atoms with E-state index in [9.17, 15) is 9.59 Å². The molecule has 0 N–H and O–H groups in total. The van der Waals surface area contributed by atoms with Gasteiger partial charge in [0.1, 0.15) is 0 Å². The van der Waals surface area contributed by atoms with Gasteiger partial charge in [0.25, 0.3) is 5.91 Å². The standard InChI is InChI=1S/C27H28N2O2/c1-21-11-8-9-16-24(21)26(30)28-17-10-18-29(20-19-28)27(31)25(22-12-4-2-5-13-22)23-14-6-3-7-15-23/h2-9,11-16,25H,10,17-20H2,1H3. The summed E-state index contributed by atoms with van der Waals surface area (Å²) in [5, 5.41) is 0. The topological polar surface area (TPSA) is 40.6 Å². The molecule has 0 unspecified atom stereocenters. The highest BCUT2D eigenvalue weighted by molar-refractivity contribution is 5.95. The van der Waals surface area contributed by atoms with Gasteiger partial charge in [-0.25, -0.2) is 0 Å². The van der Waals surface area contributed by atoms with Crippen molar-refractivity contribution in [3.63, 3.8) is 0 Å². The monoisotopic (exact) mass is 412 g/mol. The molecule has 0 spiro atoms. The number of aryl methyl sites for hydroxylation is 1. The van der Waals surface area contributed by atoms with Crippen LogP contribution >= 0.6 is 0 Å². The van der Waals surface area contributed by atoms with Crippen LogP contribution in [0, 0.1) is 6.92 Å². The fourth-order valence-electron chi connectivity index (χ4n) is 4.28. The molecule has 0 atom stereocenters. The van der Waals surface area contributed by atoms with E-state index in [1.165, 1.54) is 0 Å². The third-order valence-corrected chi connectivity index (χ3v) is 5.98. The van der Waals surface area contributed by atoms with Crippen LogP contribution in [0.15, 0.2) is 84.9 Å². The maximum atomic E-state index is 13.7. The normalized spacial score (nSPS) is 14.4. The second-order valence-electron chi connectivity index (χ2n) is 8.04. The van der Waals surface area contributed by atoms with Gasteiger partial charge in [-0.3, -0.25) is 9.59 Å². The van der Waals surface area contributed by atoms with E-state index in [1.54, 1.807) is 0 Å². The molecular formula is C27H28N2O2. The van der Waals surface area contributed by atoms with Gasteiger partial charge in [0.15, 0.2) is 0 Å². The van der Waals surface area contributed by atoms with Crippen LogP contribution in [-0.4, -0.2) is 47.8 Å². The van der Waals surface area contributed by atoms with Gasteiger partial charge in [0, 0.05) is 31.7 Å². The summed E-state index contributed by atoms with van der Waals surface area (Å²) in [7, 11) is 0. The number of amides is 2. The number of carbonyl (C=O) groups is 2. The van der Waals surface area contributed by atoms with Gasteiger partial charge in [-0.15, -0.1) is 0 Å². The number of benzene rings is 3. The van der Waals surface area contributed by atoms with Gasteiger partial charge in [-0.1, -0.05) is 78.9 Å². The molecule has 4 rings (SSSR count). The summed E-state index contributed by atoms with van der Waals surface area (Å²) in [5.74, 6) is -0.182. The minimum absolute atomic E-state index is 0.0510. The zero-order chi connectivity index (χ0) is 21.6. The largest absolute Gasteiger partial charge is 0.340 e. The van der Waals surface area contributed by atoms with Gasteiger partial charge in [0.2, 0.25) is 5.91 Å². The van der Waals surface area contributed by atoms with Crippen LogP contribution < -0.4 is 0 Å². The lowest BCUT2D eigenvalue weighted by Gasteiger charge is -2.27. The smallest absolute Gasteiger partial charge is 0.254 e. The molecule has 0 saturated carbocycles. The first kappa shape index (κ1) is 20.9. The zero-order valence-electron chi connectivity index (χ0n) is 17.9. The molecule has 1 fully saturated rings. The van der Waals surface area contributed by atoms with Crippen LogP contribution in [0.3, 0.4) is 0 Å². The van der Waals surface area contributed by atoms with Crippen molar-refractivity contribution in [1.82, 2.24) is 9.80 Å². The molecule has 31 heavy (non-hydrogen) atoms. The van der Waals surface area contributed by atoms with E-state index in [4.69, 9.17) is 0 Å². The van der Waals surface area contributed by atoms with Crippen molar-refractivity contribution in [1.29, 1.82) is 0 Å². The lowest BCUT2D eigenvalue weighted by Crippen LogP contribution is -2.39. The minimum atomic E-state index is -0.332. The quantitative estimate of drug-likeness (QED) is 0.633. The van der Waals surface area contributed by atoms with Crippen LogP contribution in [0.2, 0.25) is 0 Å². The number of hydrogen-bond acceptors (Lipinski definition) is 2. The van der Waals surface area contributed by atoms with Crippen LogP contribution in [0.25, 0.3) is 0 Å². The first-order valence-corrected chi connectivity index (χ1v) is 10.9. The minimum Gasteiger partial charge on any atom is -0.340 e. The first-order valence-electron chi connectivity index (χ1n) is 10.9. The Morgan fingerprint density at radius 3 is 1.81 bits per heavy atom. The summed E-state index contributed by atoms with van der Waals surface area (Å²) < 4.78 is 0. The van der Waals surface area contributed by atoms with Crippen molar-refractivity contribution < 1.29 is 9.59 Å². The SMILES string of the molecule is Cc1ccccc1C(=O)N1CCCN(C(=O)C(c2ccccc2)c2ccccc2)CC1. The molecule has 4 heteroatoms.